The molecule has 0 saturated carbocycles. The molecule has 0 unspecified atom stereocenters. The Morgan fingerprint density at radius 3 is 1.71 bits per heavy atom. The molecule has 0 amide bonds. The molecule has 0 spiro atoms. The Hall–Kier alpha value is -1.36. The lowest BCUT2D eigenvalue weighted by Crippen LogP contribution is -2.10. The Bertz CT molecular complexity index is 787. The van der Waals surface area contributed by atoms with Crippen LogP contribution in [-0.2, 0) is 31.6 Å². The third-order valence-electron chi connectivity index (χ3n) is 4.58. The molecule has 0 heterocycles. The van der Waals surface area contributed by atoms with E-state index in [1.165, 1.54) is 12.8 Å². The van der Waals surface area contributed by atoms with Crippen LogP contribution in [0.4, 0.5) is 4.79 Å². The number of hydrogen-bond acceptors (Lipinski definition) is 5. The molecule has 170 valence electrons. The second-order valence-corrected chi connectivity index (χ2v) is 9.93. The Kier molecular flexibility index (Phi) is 11.6. The van der Waals surface area contributed by atoms with E-state index in [1.54, 1.807) is 48.5 Å². The lowest BCUT2D eigenvalue weighted by molar-refractivity contribution is 0.139. The monoisotopic (exact) mass is 486 g/mol. The standard InChI is InChI=1S/C23H29Cl2O5P/c1-2-3-4-5-6-7-16-28-23(26)31(27,29-17-19-8-12-21(24)13-9-19)30-18-20-10-14-22(25)15-11-20/h8-15H,2-7,16-18H2,1H3. The molecule has 2 aromatic carbocycles. The van der Waals surface area contributed by atoms with Crippen LogP contribution in [0.5, 0.6) is 0 Å². The second-order valence-electron chi connectivity index (χ2n) is 7.18. The van der Waals surface area contributed by atoms with Gasteiger partial charge in [0.15, 0.2) is 0 Å². The van der Waals surface area contributed by atoms with Gasteiger partial charge in [-0.3, -0.25) is 9.05 Å². The average Bonchev–Trinajstić information content (AvgIpc) is 2.77. The van der Waals surface area contributed by atoms with E-state index in [0.717, 1.165) is 19.3 Å². The maximum absolute atomic E-state index is 13.2. The van der Waals surface area contributed by atoms with Gasteiger partial charge in [0, 0.05) is 10.0 Å². The fraction of sp³-hybridized carbons (Fsp3) is 0.435. The molecule has 0 bridgehead atoms. The molecule has 0 radical (unpaired) electrons. The van der Waals surface area contributed by atoms with E-state index < -0.39 is 13.3 Å². The summed E-state index contributed by atoms with van der Waals surface area (Å²) >= 11 is 11.8. The van der Waals surface area contributed by atoms with Crippen LogP contribution in [0, 0.1) is 0 Å². The molecule has 0 aromatic heterocycles. The molecule has 8 heteroatoms. The third-order valence-corrected chi connectivity index (χ3v) is 6.59. The van der Waals surface area contributed by atoms with Crippen LogP contribution in [0.1, 0.15) is 56.6 Å². The predicted molar refractivity (Wildman–Crippen MR) is 125 cm³/mol. The van der Waals surface area contributed by atoms with Gasteiger partial charge in [-0.05, 0) is 41.8 Å². The van der Waals surface area contributed by atoms with Gasteiger partial charge in [0.05, 0.1) is 19.8 Å². The quantitative estimate of drug-likeness (QED) is 0.198. The molecule has 0 fully saturated rings. The topological polar surface area (TPSA) is 61.8 Å². The molecule has 0 aliphatic heterocycles. The minimum absolute atomic E-state index is 0.0683. The van der Waals surface area contributed by atoms with Crippen LogP contribution in [0.3, 0.4) is 0 Å². The van der Waals surface area contributed by atoms with Gasteiger partial charge >= 0.3 is 13.3 Å². The summed E-state index contributed by atoms with van der Waals surface area (Å²) in [5.41, 5.74) is 0.455. The van der Waals surface area contributed by atoms with Crippen molar-refractivity contribution < 1.29 is 23.1 Å². The second kappa shape index (κ2) is 13.9. The van der Waals surface area contributed by atoms with Crippen molar-refractivity contribution in [3.8, 4) is 0 Å². The van der Waals surface area contributed by atoms with Crippen LogP contribution in [-0.4, -0.2) is 12.3 Å². The maximum Gasteiger partial charge on any atom is 0.439 e. The zero-order valence-electron chi connectivity index (χ0n) is 17.7. The lowest BCUT2D eigenvalue weighted by atomic mass is 10.1. The predicted octanol–water partition coefficient (Wildman–Crippen LogP) is 8.42. The van der Waals surface area contributed by atoms with E-state index in [2.05, 4.69) is 6.92 Å². The number of rotatable bonds is 14. The van der Waals surface area contributed by atoms with Crippen molar-refractivity contribution >= 4 is 36.5 Å². The fourth-order valence-corrected chi connectivity index (χ4v) is 4.17. The highest BCUT2D eigenvalue weighted by Crippen LogP contribution is 2.51. The van der Waals surface area contributed by atoms with Crippen molar-refractivity contribution in [1.82, 2.24) is 0 Å². The number of unbranched alkanes of at least 4 members (excludes halogenated alkanes) is 5. The van der Waals surface area contributed by atoms with Crippen molar-refractivity contribution in [2.75, 3.05) is 6.61 Å². The van der Waals surface area contributed by atoms with Gasteiger partial charge in [-0.1, -0.05) is 86.5 Å². The first-order valence-corrected chi connectivity index (χ1v) is 12.8. The Morgan fingerprint density at radius 2 is 1.23 bits per heavy atom. The Balaban J connectivity index is 1.94. The van der Waals surface area contributed by atoms with Crippen LogP contribution < -0.4 is 0 Å². The van der Waals surface area contributed by atoms with Gasteiger partial charge in [-0.25, -0.2) is 9.36 Å². The lowest BCUT2D eigenvalue weighted by Gasteiger charge is -2.17. The van der Waals surface area contributed by atoms with E-state index >= 15 is 0 Å². The minimum Gasteiger partial charge on any atom is -0.457 e. The minimum atomic E-state index is -4.16. The van der Waals surface area contributed by atoms with Crippen molar-refractivity contribution in [1.29, 1.82) is 0 Å². The van der Waals surface area contributed by atoms with Crippen molar-refractivity contribution in [3.63, 3.8) is 0 Å². The summed E-state index contributed by atoms with van der Waals surface area (Å²) in [6, 6.07) is 13.7. The van der Waals surface area contributed by atoms with E-state index in [4.69, 9.17) is 37.0 Å². The summed E-state index contributed by atoms with van der Waals surface area (Å²) in [6.07, 6.45) is 6.29. The highest BCUT2D eigenvalue weighted by atomic mass is 35.5. The Labute approximate surface area is 194 Å². The van der Waals surface area contributed by atoms with Gasteiger partial charge in [0.2, 0.25) is 0 Å². The molecule has 5 nitrogen and oxygen atoms in total. The van der Waals surface area contributed by atoms with Gasteiger partial charge in [0.1, 0.15) is 0 Å². The van der Waals surface area contributed by atoms with Crippen LogP contribution in [0.2, 0.25) is 10.0 Å². The van der Waals surface area contributed by atoms with Crippen LogP contribution in [0.25, 0.3) is 0 Å². The summed E-state index contributed by atoms with van der Waals surface area (Å²) in [5, 5.41) is 1.15. The molecule has 0 atom stereocenters. The number of carbonyl (C=O) groups is 1. The van der Waals surface area contributed by atoms with Gasteiger partial charge in [0.25, 0.3) is 0 Å². The molecule has 0 aliphatic rings. The highest BCUT2D eigenvalue weighted by Gasteiger charge is 2.37. The summed E-state index contributed by atoms with van der Waals surface area (Å²) in [7, 11) is -4.16. The highest BCUT2D eigenvalue weighted by molar-refractivity contribution is 7.71. The first-order chi connectivity index (χ1) is 14.9. The fourth-order valence-electron chi connectivity index (χ4n) is 2.74. The average molecular weight is 487 g/mol. The number of hydrogen-bond donors (Lipinski definition) is 0. The van der Waals surface area contributed by atoms with E-state index in [1.807, 2.05) is 0 Å². The molecule has 31 heavy (non-hydrogen) atoms. The van der Waals surface area contributed by atoms with Crippen molar-refractivity contribution in [2.24, 2.45) is 0 Å². The number of benzene rings is 2. The third kappa shape index (κ3) is 9.76. The van der Waals surface area contributed by atoms with E-state index in [0.29, 0.717) is 27.6 Å². The zero-order valence-corrected chi connectivity index (χ0v) is 20.1. The normalized spacial score (nSPS) is 11.5. The van der Waals surface area contributed by atoms with E-state index in [9.17, 15) is 9.36 Å². The molecule has 0 N–H and O–H groups in total. The molecule has 2 aromatic rings. The van der Waals surface area contributed by atoms with Gasteiger partial charge in [-0.2, -0.15) is 0 Å². The first kappa shape index (κ1) is 25.9. The largest absolute Gasteiger partial charge is 0.457 e. The molecular formula is C23H29Cl2O5P. The van der Waals surface area contributed by atoms with Gasteiger partial charge in [-0.15, -0.1) is 0 Å². The van der Waals surface area contributed by atoms with E-state index in [-0.39, 0.29) is 19.8 Å². The molecule has 0 saturated heterocycles. The van der Waals surface area contributed by atoms with Crippen LogP contribution >= 0.6 is 30.8 Å². The number of carbonyl (C=O) groups excluding carboxylic acids is 1. The summed E-state index contributed by atoms with van der Waals surface area (Å²) in [6.45, 7) is 2.21. The van der Waals surface area contributed by atoms with Crippen molar-refractivity contribution in [2.45, 2.75) is 58.7 Å². The number of halogens is 2. The maximum atomic E-state index is 13.2. The first-order valence-electron chi connectivity index (χ1n) is 10.5. The van der Waals surface area contributed by atoms with Crippen molar-refractivity contribution in [3.05, 3.63) is 69.7 Å². The summed E-state index contributed by atoms with van der Waals surface area (Å²) in [5.74, 6) is 0. The van der Waals surface area contributed by atoms with Crippen LogP contribution in [0.15, 0.2) is 48.5 Å². The molecular weight excluding hydrogens is 458 g/mol. The Morgan fingerprint density at radius 1 is 0.774 bits per heavy atom. The van der Waals surface area contributed by atoms with Gasteiger partial charge < -0.3 is 4.74 Å². The zero-order chi connectivity index (χ0) is 22.5. The molecule has 2 rings (SSSR count). The SMILES string of the molecule is CCCCCCCCOC(=O)P(=O)(OCc1ccc(Cl)cc1)OCc1ccc(Cl)cc1. The smallest absolute Gasteiger partial charge is 0.439 e. The summed E-state index contributed by atoms with van der Waals surface area (Å²) in [4.78, 5) is 12.6. The molecule has 0 aliphatic carbocycles. The number of ether oxygens (including phenoxy) is 1. The summed E-state index contributed by atoms with van der Waals surface area (Å²) < 4.78 is 29.4.